The Bertz CT molecular complexity index is 870. The summed E-state index contributed by atoms with van der Waals surface area (Å²) in [5, 5.41) is 6.12. The van der Waals surface area contributed by atoms with Crippen molar-refractivity contribution in [2.24, 2.45) is 0 Å². The Morgan fingerprint density at radius 2 is 1.76 bits per heavy atom. The zero-order chi connectivity index (χ0) is 17.6. The number of hydrogen-bond acceptors (Lipinski definition) is 4. The van der Waals surface area contributed by atoms with Gasteiger partial charge in [-0.05, 0) is 40.5 Å². The zero-order valence-electron chi connectivity index (χ0n) is 13.6. The normalized spacial score (nSPS) is 11.6. The number of rotatable bonds is 5. The van der Waals surface area contributed by atoms with Crippen molar-refractivity contribution >= 4 is 33.3 Å². The molecule has 0 aliphatic carbocycles. The number of benzene rings is 2. The van der Waals surface area contributed by atoms with Crippen molar-refractivity contribution in [2.75, 3.05) is 5.32 Å². The van der Waals surface area contributed by atoms with Crippen molar-refractivity contribution in [1.82, 2.24) is 15.3 Å². The summed E-state index contributed by atoms with van der Waals surface area (Å²) in [6.45, 7) is 1.94. The quantitative estimate of drug-likeness (QED) is 0.667. The summed E-state index contributed by atoms with van der Waals surface area (Å²) >= 11 is 3.47. The molecule has 3 aromatic rings. The SMILES string of the molecule is CC(NC(=O)c1cc(Nc2ccccc2Br)ncn1)c1ccccc1. The van der Waals surface area contributed by atoms with Gasteiger partial charge in [0.15, 0.2) is 0 Å². The van der Waals surface area contributed by atoms with Crippen molar-refractivity contribution in [2.45, 2.75) is 13.0 Å². The van der Waals surface area contributed by atoms with E-state index in [1.54, 1.807) is 6.07 Å². The number of para-hydroxylation sites is 1. The molecule has 3 rings (SSSR count). The third-order valence-corrected chi connectivity index (χ3v) is 4.37. The predicted octanol–water partition coefficient (Wildman–Crippen LogP) is 4.47. The fraction of sp³-hybridized carbons (Fsp3) is 0.105. The van der Waals surface area contributed by atoms with Gasteiger partial charge in [0.2, 0.25) is 0 Å². The van der Waals surface area contributed by atoms with Crippen LogP contribution in [0.5, 0.6) is 0 Å². The van der Waals surface area contributed by atoms with Gasteiger partial charge in [0, 0.05) is 10.5 Å². The fourth-order valence-corrected chi connectivity index (χ4v) is 2.73. The Labute approximate surface area is 154 Å². The number of anilines is 2. The van der Waals surface area contributed by atoms with Crippen LogP contribution < -0.4 is 10.6 Å². The molecular formula is C19H17BrN4O. The lowest BCUT2D eigenvalue weighted by Gasteiger charge is -2.14. The van der Waals surface area contributed by atoms with Crippen LogP contribution in [0.1, 0.15) is 29.0 Å². The predicted molar refractivity (Wildman–Crippen MR) is 102 cm³/mol. The van der Waals surface area contributed by atoms with Crippen molar-refractivity contribution in [3.05, 3.63) is 82.7 Å². The van der Waals surface area contributed by atoms with E-state index in [9.17, 15) is 4.79 Å². The van der Waals surface area contributed by atoms with E-state index in [0.717, 1.165) is 15.7 Å². The van der Waals surface area contributed by atoms with Gasteiger partial charge < -0.3 is 10.6 Å². The van der Waals surface area contributed by atoms with E-state index in [0.29, 0.717) is 11.5 Å². The van der Waals surface area contributed by atoms with Crippen LogP contribution in [-0.4, -0.2) is 15.9 Å². The Hall–Kier alpha value is -2.73. The smallest absolute Gasteiger partial charge is 0.270 e. The molecule has 0 aliphatic rings. The minimum Gasteiger partial charge on any atom is -0.344 e. The average Bonchev–Trinajstić information content (AvgIpc) is 2.64. The molecule has 0 bridgehead atoms. The van der Waals surface area contributed by atoms with Gasteiger partial charge in [-0.2, -0.15) is 0 Å². The van der Waals surface area contributed by atoms with Gasteiger partial charge in [-0.25, -0.2) is 9.97 Å². The number of carbonyl (C=O) groups is 1. The van der Waals surface area contributed by atoms with Gasteiger partial charge in [0.25, 0.3) is 5.91 Å². The van der Waals surface area contributed by atoms with E-state index in [1.807, 2.05) is 61.5 Å². The zero-order valence-corrected chi connectivity index (χ0v) is 15.2. The van der Waals surface area contributed by atoms with Gasteiger partial charge in [-0.1, -0.05) is 42.5 Å². The number of amides is 1. The van der Waals surface area contributed by atoms with Gasteiger partial charge in [-0.15, -0.1) is 0 Å². The van der Waals surface area contributed by atoms with Crippen LogP contribution in [0.3, 0.4) is 0 Å². The van der Waals surface area contributed by atoms with E-state index < -0.39 is 0 Å². The van der Waals surface area contributed by atoms with Crippen LogP contribution in [-0.2, 0) is 0 Å². The average molecular weight is 397 g/mol. The number of hydrogen-bond donors (Lipinski definition) is 2. The Kier molecular flexibility index (Phi) is 5.40. The van der Waals surface area contributed by atoms with Crippen LogP contribution in [0.25, 0.3) is 0 Å². The van der Waals surface area contributed by atoms with E-state index >= 15 is 0 Å². The van der Waals surface area contributed by atoms with Crippen molar-refractivity contribution < 1.29 is 4.79 Å². The highest BCUT2D eigenvalue weighted by Gasteiger charge is 2.13. The molecule has 2 N–H and O–H groups in total. The highest BCUT2D eigenvalue weighted by Crippen LogP contribution is 2.24. The summed E-state index contributed by atoms with van der Waals surface area (Å²) in [7, 11) is 0. The maximum absolute atomic E-state index is 12.5. The van der Waals surface area contributed by atoms with Crippen LogP contribution in [0.2, 0.25) is 0 Å². The molecule has 1 atom stereocenters. The maximum atomic E-state index is 12.5. The highest BCUT2D eigenvalue weighted by molar-refractivity contribution is 9.10. The van der Waals surface area contributed by atoms with Crippen LogP contribution in [0.15, 0.2) is 71.5 Å². The summed E-state index contributed by atoms with van der Waals surface area (Å²) < 4.78 is 0.914. The minimum atomic E-state index is -0.242. The molecule has 1 amide bonds. The molecule has 126 valence electrons. The molecule has 0 saturated heterocycles. The van der Waals surface area contributed by atoms with Gasteiger partial charge in [0.05, 0.1) is 11.7 Å². The molecule has 6 heteroatoms. The van der Waals surface area contributed by atoms with E-state index in [2.05, 4.69) is 36.5 Å². The van der Waals surface area contributed by atoms with E-state index in [1.165, 1.54) is 6.33 Å². The third kappa shape index (κ3) is 4.42. The van der Waals surface area contributed by atoms with Gasteiger partial charge in [-0.3, -0.25) is 4.79 Å². The molecule has 0 saturated carbocycles. The summed E-state index contributed by atoms with van der Waals surface area (Å²) in [6, 6.07) is 19.0. The first-order chi connectivity index (χ1) is 12.1. The van der Waals surface area contributed by atoms with Crippen molar-refractivity contribution in [3.63, 3.8) is 0 Å². The van der Waals surface area contributed by atoms with Crippen LogP contribution in [0.4, 0.5) is 11.5 Å². The first-order valence-corrected chi connectivity index (χ1v) is 8.62. The van der Waals surface area contributed by atoms with Crippen LogP contribution in [0, 0.1) is 0 Å². The monoisotopic (exact) mass is 396 g/mol. The molecule has 2 aromatic carbocycles. The summed E-state index contributed by atoms with van der Waals surface area (Å²) in [4.78, 5) is 20.7. The topological polar surface area (TPSA) is 66.9 Å². The highest BCUT2D eigenvalue weighted by atomic mass is 79.9. The lowest BCUT2D eigenvalue weighted by Crippen LogP contribution is -2.27. The molecule has 1 unspecified atom stereocenters. The Morgan fingerprint density at radius 3 is 2.52 bits per heavy atom. The fourth-order valence-electron chi connectivity index (χ4n) is 2.35. The lowest BCUT2D eigenvalue weighted by atomic mass is 10.1. The first-order valence-electron chi connectivity index (χ1n) is 7.83. The van der Waals surface area contributed by atoms with E-state index in [4.69, 9.17) is 0 Å². The number of aromatic nitrogens is 2. The molecule has 0 fully saturated rings. The molecule has 0 radical (unpaired) electrons. The summed E-state index contributed by atoms with van der Waals surface area (Å²) in [5.41, 5.74) is 2.22. The van der Waals surface area contributed by atoms with Crippen molar-refractivity contribution in [1.29, 1.82) is 0 Å². The second-order valence-corrected chi connectivity index (χ2v) is 6.35. The van der Waals surface area contributed by atoms with Crippen molar-refractivity contribution in [3.8, 4) is 0 Å². The van der Waals surface area contributed by atoms with E-state index in [-0.39, 0.29) is 11.9 Å². The maximum Gasteiger partial charge on any atom is 0.270 e. The summed E-state index contributed by atoms with van der Waals surface area (Å²) in [5.74, 6) is 0.313. The van der Waals surface area contributed by atoms with Crippen LogP contribution >= 0.6 is 15.9 Å². The Balaban J connectivity index is 1.72. The number of carbonyl (C=O) groups excluding carboxylic acids is 1. The molecule has 1 aromatic heterocycles. The number of halogens is 1. The molecular weight excluding hydrogens is 380 g/mol. The summed E-state index contributed by atoms with van der Waals surface area (Å²) in [6.07, 6.45) is 1.38. The number of nitrogens with zero attached hydrogens (tertiary/aromatic N) is 2. The third-order valence-electron chi connectivity index (χ3n) is 3.68. The second kappa shape index (κ2) is 7.90. The molecule has 0 aliphatic heterocycles. The second-order valence-electron chi connectivity index (χ2n) is 5.50. The molecule has 1 heterocycles. The molecule has 5 nitrogen and oxygen atoms in total. The Morgan fingerprint density at radius 1 is 1.04 bits per heavy atom. The molecule has 25 heavy (non-hydrogen) atoms. The largest absolute Gasteiger partial charge is 0.344 e. The van der Waals surface area contributed by atoms with Gasteiger partial charge >= 0.3 is 0 Å². The minimum absolute atomic E-state index is 0.108. The standard InChI is InChI=1S/C19H17BrN4O/c1-13(14-7-3-2-4-8-14)23-19(25)17-11-18(22-12-21-17)24-16-10-6-5-9-15(16)20/h2-13H,1H3,(H,23,25)(H,21,22,24). The molecule has 0 spiro atoms. The van der Waals surface area contributed by atoms with Gasteiger partial charge in [0.1, 0.15) is 17.8 Å². The lowest BCUT2D eigenvalue weighted by molar-refractivity contribution is 0.0934. The first kappa shape index (κ1) is 17.1. The number of nitrogens with one attached hydrogen (secondary N) is 2.